The molecule has 0 aromatic rings. The first-order valence-corrected chi connectivity index (χ1v) is 6.05. The Hall–Kier alpha value is -0.570. The van der Waals surface area contributed by atoms with Gasteiger partial charge in [-0.15, -0.1) is 0 Å². The number of carbonyl (C=O) groups excluding carboxylic acids is 1. The van der Waals surface area contributed by atoms with Gasteiger partial charge in [-0.05, 0) is 12.3 Å². The van der Waals surface area contributed by atoms with Gasteiger partial charge in [0.1, 0.15) is 6.04 Å². The summed E-state index contributed by atoms with van der Waals surface area (Å²) >= 11 is 0. The summed E-state index contributed by atoms with van der Waals surface area (Å²) < 4.78 is 5.11. The molecule has 0 radical (unpaired) electrons. The maximum absolute atomic E-state index is 11.4. The van der Waals surface area contributed by atoms with Gasteiger partial charge in [0.05, 0.1) is 6.61 Å². The Balaban J connectivity index is 3.56. The Morgan fingerprint density at radius 2 is 1.93 bits per heavy atom. The van der Waals surface area contributed by atoms with Crippen molar-refractivity contribution in [2.75, 3.05) is 6.61 Å². The zero-order chi connectivity index (χ0) is 11.7. The highest BCUT2D eigenvalue weighted by molar-refractivity contribution is 5.75. The number of ether oxygens (including phenoxy) is 1. The number of carbonyl (C=O) groups is 1. The van der Waals surface area contributed by atoms with E-state index in [1.807, 2.05) is 13.8 Å². The second kappa shape index (κ2) is 8.72. The summed E-state index contributed by atoms with van der Waals surface area (Å²) in [6.45, 7) is 6.68. The highest BCUT2D eigenvalue weighted by atomic mass is 16.5. The molecule has 0 bridgehead atoms. The average molecular weight is 215 g/mol. The zero-order valence-corrected chi connectivity index (χ0v) is 10.3. The molecule has 0 rings (SSSR count). The minimum atomic E-state index is -0.457. The van der Waals surface area contributed by atoms with Crippen LogP contribution in [0.25, 0.3) is 0 Å². The molecule has 2 unspecified atom stereocenters. The van der Waals surface area contributed by atoms with Crippen LogP contribution in [0, 0.1) is 5.92 Å². The van der Waals surface area contributed by atoms with Crippen LogP contribution in [-0.2, 0) is 9.53 Å². The van der Waals surface area contributed by atoms with Gasteiger partial charge in [-0.2, -0.15) is 0 Å². The molecule has 0 amide bonds. The zero-order valence-electron chi connectivity index (χ0n) is 10.3. The van der Waals surface area contributed by atoms with Gasteiger partial charge in [0.15, 0.2) is 0 Å². The molecule has 90 valence electrons. The summed E-state index contributed by atoms with van der Waals surface area (Å²) in [5.74, 6) is -0.0472. The first-order valence-electron chi connectivity index (χ1n) is 6.05. The Morgan fingerprint density at radius 1 is 1.27 bits per heavy atom. The lowest BCUT2D eigenvalue weighted by Crippen LogP contribution is -2.38. The van der Waals surface area contributed by atoms with Gasteiger partial charge in [0, 0.05) is 0 Å². The molecule has 3 nitrogen and oxygen atoms in total. The first-order chi connectivity index (χ1) is 7.13. The lowest BCUT2D eigenvalue weighted by molar-refractivity contribution is -0.146. The topological polar surface area (TPSA) is 52.3 Å². The molecule has 0 aromatic carbocycles. The van der Waals surface area contributed by atoms with Crippen molar-refractivity contribution in [3.63, 3.8) is 0 Å². The quantitative estimate of drug-likeness (QED) is 0.500. The van der Waals surface area contributed by atoms with Crippen molar-refractivity contribution in [3.05, 3.63) is 0 Å². The number of unbranched alkanes of at least 4 members (excludes halogenated alkanes) is 3. The fourth-order valence-electron chi connectivity index (χ4n) is 1.28. The van der Waals surface area contributed by atoms with Crippen molar-refractivity contribution in [1.29, 1.82) is 0 Å². The largest absolute Gasteiger partial charge is 0.465 e. The normalized spacial score (nSPS) is 14.7. The van der Waals surface area contributed by atoms with Crippen molar-refractivity contribution < 1.29 is 9.53 Å². The van der Waals surface area contributed by atoms with Crippen molar-refractivity contribution in [3.8, 4) is 0 Å². The van der Waals surface area contributed by atoms with E-state index in [2.05, 4.69) is 6.92 Å². The van der Waals surface area contributed by atoms with Crippen LogP contribution in [-0.4, -0.2) is 18.6 Å². The standard InChI is InChI=1S/C12H25NO2/c1-4-6-7-8-9-15-12(14)11(13)10(3)5-2/h10-11H,4-9,13H2,1-3H3. The second-order valence-electron chi connectivity index (χ2n) is 4.14. The van der Waals surface area contributed by atoms with Gasteiger partial charge in [0.2, 0.25) is 0 Å². The number of esters is 1. The van der Waals surface area contributed by atoms with E-state index in [1.165, 1.54) is 12.8 Å². The molecule has 0 fully saturated rings. The molecular formula is C12H25NO2. The highest BCUT2D eigenvalue weighted by Gasteiger charge is 2.20. The van der Waals surface area contributed by atoms with Crippen LogP contribution in [0.15, 0.2) is 0 Å². The van der Waals surface area contributed by atoms with E-state index in [9.17, 15) is 4.79 Å². The molecule has 2 atom stereocenters. The van der Waals surface area contributed by atoms with E-state index in [0.29, 0.717) is 6.61 Å². The van der Waals surface area contributed by atoms with Crippen molar-refractivity contribution in [2.45, 2.75) is 58.9 Å². The molecule has 2 N–H and O–H groups in total. The molecule has 15 heavy (non-hydrogen) atoms. The Morgan fingerprint density at radius 3 is 2.47 bits per heavy atom. The summed E-state index contributed by atoms with van der Waals surface area (Å²) in [4.78, 5) is 11.4. The Bertz CT molecular complexity index is 171. The smallest absolute Gasteiger partial charge is 0.323 e. The van der Waals surface area contributed by atoms with E-state index in [-0.39, 0.29) is 11.9 Å². The minimum Gasteiger partial charge on any atom is -0.465 e. The molecule has 0 aliphatic carbocycles. The van der Waals surface area contributed by atoms with Gasteiger partial charge in [-0.25, -0.2) is 0 Å². The lowest BCUT2D eigenvalue weighted by atomic mass is 10.0. The van der Waals surface area contributed by atoms with Gasteiger partial charge in [-0.3, -0.25) is 4.79 Å². The molecule has 0 aliphatic heterocycles. The molecule has 0 saturated heterocycles. The number of hydrogen-bond acceptors (Lipinski definition) is 3. The summed E-state index contributed by atoms with van der Waals surface area (Å²) in [5.41, 5.74) is 5.74. The van der Waals surface area contributed by atoms with Crippen LogP contribution < -0.4 is 5.73 Å². The lowest BCUT2D eigenvalue weighted by Gasteiger charge is -2.16. The van der Waals surface area contributed by atoms with E-state index < -0.39 is 6.04 Å². The van der Waals surface area contributed by atoms with Gasteiger partial charge < -0.3 is 10.5 Å². The van der Waals surface area contributed by atoms with Gasteiger partial charge >= 0.3 is 5.97 Å². The molecule has 0 heterocycles. The van der Waals surface area contributed by atoms with Crippen LogP contribution in [0.4, 0.5) is 0 Å². The van der Waals surface area contributed by atoms with Crippen LogP contribution in [0.1, 0.15) is 52.9 Å². The molecule has 0 aromatic heterocycles. The summed E-state index contributed by atoms with van der Waals surface area (Å²) in [5, 5.41) is 0. The molecule has 3 heteroatoms. The third-order valence-corrected chi connectivity index (χ3v) is 2.77. The van der Waals surface area contributed by atoms with E-state index in [1.54, 1.807) is 0 Å². The summed E-state index contributed by atoms with van der Waals surface area (Å²) in [6.07, 6.45) is 5.39. The predicted molar refractivity (Wildman–Crippen MR) is 62.5 cm³/mol. The van der Waals surface area contributed by atoms with Crippen molar-refractivity contribution >= 4 is 5.97 Å². The Kier molecular flexibility index (Phi) is 8.38. The van der Waals surface area contributed by atoms with E-state index >= 15 is 0 Å². The molecular weight excluding hydrogens is 190 g/mol. The van der Waals surface area contributed by atoms with Crippen molar-refractivity contribution in [2.24, 2.45) is 11.7 Å². The maximum atomic E-state index is 11.4. The maximum Gasteiger partial charge on any atom is 0.323 e. The van der Waals surface area contributed by atoms with Crippen LogP contribution >= 0.6 is 0 Å². The summed E-state index contributed by atoms with van der Waals surface area (Å²) in [6, 6.07) is -0.457. The molecule has 0 saturated carbocycles. The van der Waals surface area contributed by atoms with E-state index in [0.717, 1.165) is 19.3 Å². The van der Waals surface area contributed by atoms with E-state index in [4.69, 9.17) is 10.5 Å². The fourth-order valence-corrected chi connectivity index (χ4v) is 1.28. The molecule has 0 spiro atoms. The first kappa shape index (κ1) is 14.4. The number of nitrogens with two attached hydrogens (primary N) is 1. The minimum absolute atomic E-state index is 0.202. The third kappa shape index (κ3) is 6.50. The van der Waals surface area contributed by atoms with Gasteiger partial charge in [-0.1, -0.05) is 46.5 Å². The monoisotopic (exact) mass is 215 g/mol. The average Bonchev–Trinajstić information content (AvgIpc) is 2.26. The molecule has 0 aliphatic rings. The number of hydrogen-bond donors (Lipinski definition) is 1. The highest BCUT2D eigenvalue weighted by Crippen LogP contribution is 2.07. The predicted octanol–water partition coefficient (Wildman–Crippen LogP) is 2.48. The van der Waals surface area contributed by atoms with Crippen LogP contribution in [0.2, 0.25) is 0 Å². The summed E-state index contributed by atoms with van der Waals surface area (Å²) in [7, 11) is 0. The van der Waals surface area contributed by atoms with Crippen LogP contribution in [0.5, 0.6) is 0 Å². The Labute approximate surface area is 93.4 Å². The number of rotatable bonds is 8. The van der Waals surface area contributed by atoms with Crippen LogP contribution in [0.3, 0.4) is 0 Å². The third-order valence-electron chi connectivity index (χ3n) is 2.77. The van der Waals surface area contributed by atoms with Crippen molar-refractivity contribution in [1.82, 2.24) is 0 Å². The fraction of sp³-hybridized carbons (Fsp3) is 0.917. The second-order valence-corrected chi connectivity index (χ2v) is 4.14. The SMILES string of the molecule is CCCCCCOC(=O)C(N)C(C)CC. The van der Waals surface area contributed by atoms with Gasteiger partial charge in [0.25, 0.3) is 0 Å².